The Labute approximate surface area is 83.9 Å². The van der Waals surface area contributed by atoms with Crippen LogP contribution in [0.3, 0.4) is 0 Å². The van der Waals surface area contributed by atoms with Gasteiger partial charge >= 0.3 is 0 Å². The Morgan fingerprint density at radius 1 is 1.43 bits per heavy atom. The van der Waals surface area contributed by atoms with Crippen LogP contribution in [-0.2, 0) is 0 Å². The molecule has 14 heavy (non-hydrogen) atoms. The van der Waals surface area contributed by atoms with E-state index in [1.54, 1.807) is 0 Å². The highest BCUT2D eigenvalue weighted by Gasteiger charge is 2.22. The lowest BCUT2D eigenvalue weighted by atomic mass is 9.96. The lowest BCUT2D eigenvalue weighted by molar-refractivity contribution is 0.209. The summed E-state index contributed by atoms with van der Waals surface area (Å²) in [6, 6.07) is 0. The largest absolute Gasteiger partial charge is 0.303 e. The van der Waals surface area contributed by atoms with Crippen LogP contribution >= 0.6 is 0 Å². The van der Waals surface area contributed by atoms with Crippen molar-refractivity contribution in [3.63, 3.8) is 0 Å². The molecular formula is C9H17N5. The Morgan fingerprint density at radius 3 is 2.79 bits per heavy atom. The maximum Gasteiger partial charge on any atom is 0.177 e. The Morgan fingerprint density at radius 2 is 2.21 bits per heavy atom. The van der Waals surface area contributed by atoms with Crippen LogP contribution in [0.5, 0.6) is 0 Å². The first-order valence-corrected chi connectivity index (χ1v) is 5.36. The minimum atomic E-state index is 0.516. The number of rotatable bonds is 3. The molecule has 0 amide bonds. The molecule has 1 N–H and O–H groups in total. The van der Waals surface area contributed by atoms with Crippen LogP contribution in [0.25, 0.3) is 0 Å². The number of H-pyrrole nitrogens is 1. The first-order valence-electron chi connectivity index (χ1n) is 5.36. The highest BCUT2D eigenvalue weighted by atomic mass is 15.5. The zero-order valence-electron chi connectivity index (χ0n) is 8.61. The molecule has 1 fully saturated rings. The van der Waals surface area contributed by atoms with Gasteiger partial charge in [-0.25, -0.2) is 0 Å². The summed E-state index contributed by atoms with van der Waals surface area (Å²) in [5.74, 6) is 1.41. The molecule has 0 aliphatic carbocycles. The summed E-state index contributed by atoms with van der Waals surface area (Å²) in [4.78, 5) is 2.51. The van der Waals surface area contributed by atoms with Gasteiger partial charge in [0.05, 0.1) is 0 Å². The quantitative estimate of drug-likeness (QED) is 0.774. The maximum atomic E-state index is 4.05. The van der Waals surface area contributed by atoms with E-state index in [9.17, 15) is 0 Å². The van der Waals surface area contributed by atoms with Gasteiger partial charge in [0.25, 0.3) is 0 Å². The molecule has 5 nitrogen and oxygen atoms in total. The summed E-state index contributed by atoms with van der Waals surface area (Å²) < 4.78 is 0. The van der Waals surface area contributed by atoms with Gasteiger partial charge < -0.3 is 4.90 Å². The molecule has 5 heteroatoms. The Hall–Kier alpha value is -0.970. The minimum Gasteiger partial charge on any atom is -0.303 e. The van der Waals surface area contributed by atoms with Crippen molar-refractivity contribution in [1.82, 2.24) is 25.5 Å². The molecule has 1 aliphatic rings. The van der Waals surface area contributed by atoms with E-state index in [0.717, 1.165) is 5.82 Å². The second-order valence-electron chi connectivity index (χ2n) is 3.89. The lowest BCUT2D eigenvalue weighted by Gasteiger charge is -2.29. The molecule has 78 valence electrons. The Bertz CT molecular complexity index is 250. The summed E-state index contributed by atoms with van der Waals surface area (Å²) in [7, 11) is 0. The lowest BCUT2D eigenvalue weighted by Crippen LogP contribution is -2.33. The van der Waals surface area contributed by atoms with Crippen LogP contribution < -0.4 is 0 Å². The number of aromatic amines is 1. The van der Waals surface area contributed by atoms with E-state index in [-0.39, 0.29) is 0 Å². The Balaban J connectivity index is 1.84. The van der Waals surface area contributed by atoms with Crippen molar-refractivity contribution in [2.75, 3.05) is 19.6 Å². The van der Waals surface area contributed by atoms with Crippen LogP contribution in [-0.4, -0.2) is 45.2 Å². The van der Waals surface area contributed by atoms with Gasteiger partial charge in [-0.3, -0.25) is 0 Å². The molecule has 1 aliphatic heterocycles. The molecule has 0 saturated carbocycles. The van der Waals surface area contributed by atoms with Gasteiger partial charge in [-0.2, -0.15) is 5.21 Å². The second-order valence-corrected chi connectivity index (χ2v) is 3.89. The third-order valence-electron chi connectivity index (χ3n) is 2.85. The van der Waals surface area contributed by atoms with Gasteiger partial charge in [0.2, 0.25) is 0 Å². The molecule has 1 saturated heterocycles. The van der Waals surface area contributed by atoms with E-state index in [1.807, 2.05) is 0 Å². The molecule has 2 rings (SSSR count). The van der Waals surface area contributed by atoms with Gasteiger partial charge in [0, 0.05) is 5.92 Å². The first kappa shape index (κ1) is 9.58. The van der Waals surface area contributed by atoms with Crippen LogP contribution in [0.4, 0.5) is 0 Å². The molecule has 0 atom stereocenters. The van der Waals surface area contributed by atoms with E-state index < -0.39 is 0 Å². The molecular weight excluding hydrogens is 178 g/mol. The van der Waals surface area contributed by atoms with Gasteiger partial charge in [0.1, 0.15) is 0 Å². The first-order chi connectivity index (χ1) is 6.90. The van der Waals surface area contributed by atoms with Crippen LogP contribution in [0, 0.1) is 0 Å². The fraction of sp³-hybridized carbons (Fsp3) is 0.889. The van der Waals surface area contributed by atoms with Gasteiger partial charge in [-0.05, 0) is 38.9 Å². The molecule has 0 radical (unpaired) electrons. The molecule has 1 aromatic rings. The summed E-state index contributed by atoms with van der Waals surface area (Å²) in [6.45, 7) is 5.80. The van der Waals surface area contributed by atoms with Crippen molar-refractivity contribution in [2.24, 2.45) is 0 Å². The highest BCUT2D eigenvalue weighted by molar-refractivity contribution is 4.93. The summed E-state index contributed by atoms with van der Waals surface area (Å²) in [6.07, 6.45) is 3.58. The average Bonchev–Trinajstić information content (AvgIpc) is 2.72. The van der Waals surface area contributed by atoms with Gasteiger partial charge in [-0.1, -0.05) is 12.1 Å². The zero-order valence-corrected chi connectivity index (χ0v) is 8.61. The zero-order chi connectivity index (χ0) is 9.80. The third-order valence-corrected chi connectivity index (χ3v) is 2.85. The fourth-order valence-corrected chi connectivity index (χ4v) is 2.07. The van der Waals surface area contributed by atoms with Crippen LogP contribution in [0.15, 0.2) is 0 Å². The minimum absolute atomic E-state index is 0.516. The summed E-state index contributed by atoms with van der Waals surface area (Å²) in [5, 5.41) is 14.2. The highest BCUT2D eigenvalue weighted by Crippen LogP contribution is 2.24. The van der Waals surface area contributed by atoms with E-state index in [1.165, 1.54) is 38.9 Å². The molecule has 0 unspecified atom stereocenters. The summed E-state index contributed by atoms with van der Waals surface area (Å²) >= 11 is 0. The standard InChI is InChI=1S/C9H17N5/c1-2-5-14-6-3-8(4-7-14)9-10-12-13-11-9/h8H,2-7H2,1H3,(H,10,11,12,13). The molecule has 2 heterocycles. The number of nitrogens with zero attached hydrogens (tertiary/aromatic N) is 4. The number of aromatic nitrogens is 4. The van der Waals surface area contributed by atoms with Crippen LogP contribution in [0.1, 0.15) is 37.9 Å². The molecule has 1 aromatic heterocycles. The maximum absolute atomic E-state index is 4.05. The fourth-order valence-electron chi connectivity index (χ4n) is 2.07. The topological polar surface area (TPSA) is 57.7 Å². The van der Waals surface area contributed by atoms with E-state index in [2.05, 4.69) is 32.4 Å². The molecule has 0 spiro atoms. The number of hydrogen-bond donors (Lipinski definition) is 1. The van der Waals surface area contributed by atoms with Crippen molar-refractivity contribution in [1.29, 1.82) is 0 Å². The number of hydrogen-bond acceptors (Lipinski definition) is 4. The Kier molecular flexibility index (Phi) is 3.08. The van der Waals surface area contributed by atoms with Crippen molar-refractivity contribution < 1.29 is 0 Å². The third kappa shape index (κ3) is 2.09. The normalized spacial score (nSPS) is 20.1. The predicted molar refractivity (Wildman–Crippen MR) is 52.9 cm³/mol. The number of likely N-dealkylation sites (tertiary alicyclic amines) is 1. The second kappa shape index (κ2) is 4.50. The SMILES string of the molecule is CCCN1CCC(c2nn[nH]n2)CC1. The summed E-state index contributed by atoms with van der Waals surface area (Å²) in [5.41, 5.74) is 0. The number of nitrogens with one attached hydrogen (secondary N) is 1. The van der Waals surface area contributed by atoms with E-state index in [4.69, 9.17) is 0 Å². The van der Waals surface area contributed by atoms with E-state index >= 15 is 0 Å². The van der Waals surface area contributed by atoms with E-state index in [0.29, 0.717) is 5.92 Å². The van der Waals surface area contributed by atoms with Crippen LogP contribution in [0.2, 0.25) is 0 Å². The van der Waals surface area contributed by atoms with Crippen molar-refractivity contribution in [3.05, 3.63) is 5.82 Å². The monoisotopic (exact) mass is 195 g/mol. The average molecular weight is 195 g/mol. The van der Waals surface area contributed by atoms with Crippen molar-refractivity contribution in [3.8, 4) is 0 Å². The molecule has 0 aromatic carbocycles. The molecule has 0 bridgehead atoms. The number of tetrazole rings is 1. The predicted octanol–water partition coefficient (Wildman–Crippen LogP) is 0.789. The van der Waals surface area contributed by atoms with Gasteiger partial charge in [0.15, 0.2) is 5.82 Å². The number of piperidine rings is 1. The van der Waals surface area contributed by atoms with Crippen molar-refractivity contribution >= 4 is 0 Å². The smallest absolute Gasteiger partial charge is 0.177 e. The van der Waals surface area contributed by atoms with Gasteiger partial charge in [-0.15, -0.1) is 10.2 Å². The van der Waals surface area contributed by atoms with Crippen molar-refractivity contribution in [2.45, 2.75) is 32.1 Å².